The molecule has 0 unspecified atom stereocenters. The zero-order valence-electron chi connectivity index (χ0n) is 17.6. The molecule has 0 saturated carbocycles. The number of hydrogen-bond acceptors (Lipinski definition) is 9. The predicted molar refractivity (Wildman–Crippen MR) is 114 cm³/mol. The molecule has 1 amide bonds. The van der Waals surface area contributed by atoms with E-state index in [2.05, 4.69) is 9.71 Å². The number of nitrogens with zero attached hydrogens (tertiary/aromatic N) is 3. The molecule has 1 aliphatic heterocycles. The van der Waals surface area contributed by atoms with Gasteiger partial charge in [0.2, 0.25) is 21.8 Å². The van der Waals surface area contributed by atoms with E-state index in [0.29, 0.717) is 5.56 Å². The molecule has 168 valence electrons. The number of anilines is 1. The minimum absolute atomic E-state index is 0.00390. The highest BCUT2D eigenvalue weighted by atomic mass is 32.2. The van der Waals surface area contributed by atoms with Crippen molar-refractivity contribution in [1.82, 2.24) is 9.71 Å². The average molecular weight is 458 g/mol. The number of nitriles is 1. The first-order valence-corrected chi connectivity index (χ1v) is 11.4. The van der Waals surface area contributed by atoms with E-state index in [1.54, 1.807) is 42.2 Å². The predicted octanol–water partition coefficient (Wildman–Crippen LogP) is 1.22. The molecule has 2 aromatic rings. The number of esters is 1. The van der Waals surface area contributed by atoms with E-state index >= 15 is 0 Å². The lowest BCUT2D eigenvalue weighted by atomic mass is 9.98. The first-order valence-electron chi connectivity index (χ1n) is 9.77. The minimum atomic E-state index is -3.84. The van der Waals surface area contributed by atoms with Crippen LogP contribution in [-0.4, -0.2) is 52.1 Å². The lowest BCUT2D eigenvalue weighted by molar-refractivity contribution is -0.123. The van der Waals surface area contributed by atoms with Crippen molar-refractivity contribution in [3.05, 3.63) is 53.1 Å². The van der Waals surface area contributed by atoms with Crippen LogP contribution in [0.15, 0.2) is 36.4 Å². The molecular formula is C21H22N4O6S. The van der Waals surface area contributed by atoms with Crippen LogP contribution in [0.5, 0.6) is 5.88 Å². The van der Waals surface area contributed by atoms with Crippen LogP contribution in [0.3, 0.4) is 0 Å². The molecule has 1 N–H and O–H groups in total. The standard InChI is InChI=1S/C21H22N4O6S/c1-3-31-21(27)17-9-15(10-22)18(23-20(17)30-2)25-11-16(12-25)19(26)24-32(28,29)13-14-7-5-4-6-8-14/h4-9,16H,3,11-13H2,1-2H3,(H,24,26). The second-order valence-electron chi connectivity index (χ2n) is 7.06. The highest BCUT2D eigenvalue weighted by Crippen LogP contribution is 2.31. The molecule has 0 bridgehead atoms. The summed E-state index contributed by atoms with van der Waals surface area (Å²) in [6.07, 6.45) is 0. The first kappa shape index (κ1) is 23.0. The van der Waals surface area contributed by atoms with E-state index in [0.717, 1.165) is 0 Å². The third-order valence-corrected chi connectivity index (χ3v) is 6.01. The summed E-state index contributed by atoms with van der Waals surface area (Å²) in [6, 6.07) is 11.9. The van der Waals surface area contributed by atoms with E-state index in [9.17, 15) is 23.3 Å². The number of hydrogen-bond donors (Lipinski definition) is 1. The number of carbonyl (C=O) groups is 2. The fourth-order valence-electron chi connectivity index (χ4n) is 3.20. The van der Waals surface area contributed by atoms with Crippen LogP contribution >= 0.6 is 0 Å². The number of ether oxygens (including phenoxy) is 2. The van der Waals surface area contributed by atoms with Crippen molar-refractivity contribution < 1.29 is 27.5 Å². The van der Waals surface area contributed by atoms with E-state index < -0.39 is 27.8 Å². The largest absolute Gasteiger partial charge is 0.480 e. The van der Waals surface area contributed by atoms with E-state index in [1.807, 2.05) is 6.07 Å². The number of nitrogens with one attached hydrogen (secondary N) is 1. The fraction of sp³-hybridized carbons (Fsp3) is 0.333. The number of rotatable bonds is 8. The van der Waals surface area contributed by atoms with Gasteiger partial charge >= 0.3 is 5.97 Å². The Hall–Kier alpha value is -3.65. The van der Waals surface area contributed by atoms with Crippen molar-refractivity contribution in [2.45, 2.75) is 12.7 Å². The summed E-state index contributed by atoms with van der Waals surface area (Å²) < 4.78 is 36.8. The second kappa shape index (κ2) is 9.65. The Bertz CT molecular complexity index is 1150. The van der Waals surface area contributed by atoms with Crippen molar-refractivity contribution in [3.8, 4) is 11.9 Å². The SMILES string of the molecule is CCOC(=O)c1cc(C#N)c(N2CC(C(=O)NS(=O)(=O)Cc3ccccc3)C2)nc1OC. The third-order valence-electron chi connectivity index (χ3n) is 4.78. The highest BCUT2D eigenvalue weighted by molar-refractivity contribution is 7.89. The van der Waals surface area contributed by atoms with Crippen molar-refractivity contribution in [2.24, 2.45) is 5.92 Å². The zero-order valence-corrected chi connectivity index (χ0v) is 18.4. The molecule has 3 rings (SSSR count). The maximum absolute atomic E-state index is 12.4. The Morgan fingerprint density at radius 3 is 2.56 bits per heavy atom. The van der Waals surface area contributed by atoms with Crippen LogP contribution in [0.1, 0.15) is 28.4 Å². The van der Waals surface area contributed by atoms with Crippen LogP contribution in [0.4, 0.5) is 5.82 Å². The molecule has 10 nitrogen and oxygen atoms in total. The van der Waals surface area contributed by atoms with Gasteiger partial charge in [-0.1, -0.05) is 30.3 Å². The third kappa shape index (κ3) is 5.15. The van der Waals surface area contributed by atoms with E-state index in [1.165, 1.54) is 13.2 Å². The highest BCUT2D eigenvalue weighted by Gasteiger charge is 2.37. The van der Waals surface area contributed by atoms with Crippen molar-refractivity contribution in [3.63, 3.8) is 0 Å². The summed E-state index contributed by atoms with van der Waals surface area (Å²) in [5.41, 5.74) is 0.709. The Labute approximate surface area is 185 Å². The molecule has 0 atom stereocenters. The minimum Gasteiger partial charge on any atom is -0.480 e. The lowest BCUT2D eigenvalue weighted by Crippen LogP contribution is -2.55. The quantitative estimate of drug-likeness (QED) is 0.578. The van der Waals surface area contributed by atoms with E-state index in [4.69, 9.17) is 9.47 Å². The van der Waals surface area contributed by atoms with Crippen molar-refractivity contribution in [2.75, 3.05) is 31.7 Å². The number of amides is 1. The number of benzene rings is 1. The lowest BCUT2D eigenvalue weighted by Gasteiger charge is -2.39. The zero-order chi connectivity index (χ0) is 23.3. The first-order chi connectivity index (χ1) is 15.3. The van der Waals surface area contributed by atoms with Gasteiger partial charge in [-0.15, -0.1) is 0 Å². The van der Waals surface area contributed by atoms with Crippen molar-refractivity contribution >= 4 is 27.7 Å². The Kier molecular flexibility index (Phi) is 6.95. The van der Waals surface area contributed by atoms with Crippen molar-refractivity contribution in [1.29, 1.82) is 5.26 Å². The molecule has 1 fully saturated rings. The van der Waals surface area contributed by atoms with Gasteiger partial charge in [0.1, 0.15) is 11.6 Å². The molecule has 32 heavy (non-hydrogen) atoms. The second-order valence-corrected chi connectivity index (χ2v) is 8.78. The van der Waals surface area contributed by atoms with Crippen LogP contribution in [0, 0.1) is 17.2 Å². The molecule has 11 heteroatoms. The summed E-state index contributed by atoms with van der Waals surface area (Å²) in [5, 5.41) is 9.49. The van der Waals surface area contributed by atoms with Gasteiger partial charge in [0.25, 0.3) is 0 Å². The van der Waals surface area contributed by atoms with Crippen LogP contribution in [0.25, 0.3) is 0 Å². The molecular weight excluding hydrogens is 436 g/mol. The Morgan fingerprint density at radius 1 is 1.28 bits per heavy atom. The summed E-state index contributed by atoms with van der Waals surface area (Å²) in [5.74, 6) is -1.94. The van der Waals surface area contributed by atoms with Gasteiger partial charge in [0.05, 0.1) is 31.0 Å². The number of methoxy groups -OCH3 is 1. The smallest absolute Gasteiger partial charge is 0.343 e. The monoisotopic (exact) mass is 458 g/mol. The maximum atomic E-state index is 12.4. The van der Waals surface area contributed by atoms with Gasteiger partial charge in [-0.3, -0.25) is 9.52 Å². The molecule has 1 aromatic carbocycles. The van der Waals surface area contributed by atoms with Gasteiger partial charge in [0.15, 0.2) is 5.82 Å². The van der Waals surface area contributed by atoms with Crippen LogP contribution in [-0.2, 0) is 25.3 Å². The summed E-state index contributed by atoms with van der Waals surface area (Å²) in [6.45, 7) is 2.14. The topological polar surface area (TPSA) is 139 Å². The van der Waals surface area contributed by atoms with Gasteiger partial charge < -0.3 is 14.4 Å². The number of carbonyl (C=O) groups excluding carboxylic acids is 2. The van der Waals surface area contributed by atoms with Crippen LogP contribution in [0.2, 0.25) is 0 Å². The van der Waals surface area contributed by atoms with E-state index in [-0.39, 0.29) is 48.3 Å². The Morgan fingerprint density at radius 2 is 1.97 bits per heavy atom. The van der Waals surface area contributed by atoms with Gasteiger partial charge in [-0.25, -0.2) is 13.2 Å². The van der Waals surface area contributed by atoms with Crippen LogP contribution < -0.4 is 14.4 Å². The summed E-state index contributed by atoms with van der Waals surface area (Å²) in [4.78, 5) is 30.4. The molecule has 1 aliphatic rings. The summed E-state index contributed by atoms with van der Waals surface area (Å²) in [7, 11) is -2.50. The summed E-state index contributed by atoms with van der Waals surface area (Å²) >= 11 is 0. The molecule has 2 heterocycles. The molecule has 0 aliphatic carbocycles. The number of sulfonamides is 1. The molecule has 0 radical (unpaired) electrons. The normalized spacial score (nSPS) is 13.6. The average Bonchev–Trinajstić information content (AvgIpc) is 2.72. The number of aromatic nitrogens is 1. The molecule has 0 spiro atoms. The Balaban J connectivity index is 1.68. The fourth-order valence-corrected chi connectivity index (χ4v) is 4.38. The molecule has 1 aromatic heterocycles. The van der Waals surface area contributed by atoms with Gasteiger partial charge in [0, 0.05) is 13.1 Å². The van der Waals surface area contributed by atoms with Gasteiger partial charge in [-0.05, 0) is 18.6 Å². The molecule has 1 saturated heterocycles. The number of pyridine rings is 1. The maximum Gasteiger partial charge on any atom is 0.343 e. The van der Waals surface area contributed by atoms with Gasteiger partial charge in [-0.2, -0.15) is 10.2 Å².